The van der Waals surface area contributed by atoms with Gasteiger partial charge in [0.2, 0.25) is 5.91 Å². The molecule has 1 N–H and O–H groups in total. The van der Waals surface area contributed by atoms with E-state index in [0.717, 1.165) is 0 Å². The number of carbonyl (C=O) groups is 2. The molecular weight excluding hydrogens is 250 g/mol. The van der Waals surface area contributed by atoms with Crippen LogP contribution in [0.4, 0.5) is 4.79 Å². The number of alkyl carbamates (subject to hydrolysis) is 1. The van der Waals surface area contributed by atoms with Gasteiger partial charge in [-0.05, 0) is 26.3 Å². The van der Waals surface area contributed by atoms with E-state index in [0.29, 0.717) is 0 Å². The fourth-order valence-electron chi connectivity index (χ4n) is 1.16. The number of amides is 2. The van der Waals surface area contributed by atoms with Gasteiger partial charge >= 0.3 is 6.09 Å². The monoisotopic (exact) mass is 271 g/mol. The third-order valence-electron chi connectivity index (χ3n) is 2.01. The number of nitrogens with zero attached hydrogens (tertiary/aromatic N) is 4. The summed E-state index contributed by atoms with van der Waals surface area (Å²) in [7, 11) is 3.22. The highest BCUT2D eigenvalue weighted by Gasteiger charge is 2.21. The molecule has 0 aliphatic heterocycles. The van der Waals surface area contributed by atoms with Crippen LogP contribution in [-0.4, -0.2) is 49.2 Å². The van der Waals surface area contributed by atoms with Crippen LogP contribution < -0.4 is 5.32 Å². The molecule has 0 rings (SSSR count). The van der Waals surface area contributed by atoms with Crippen LogP contribution in [-0.2, 0) is 9.53 Å². The highest BCUT2D eigenvalue weighted by molar-refractivity contribution is 5.77. The Morgan fingerprint density at radius 3 is 2.42 bits per heavy atom. The lowest BCUT2D eigenvalue weighted by atomic mass is 10.2. The van der Waals surface area contributed by atoms with Gasteiger partial charge in [-0.3, -0.25) is 4.79 Å². The fourth-order valence-corrected chi connectivity index (χ4v) is 1.16. The number of azide groups is 1. The molecule has 1 atom stereocenters. The lowest BCUT2D eigenvalue weighted by molar-refractivity contribution is -0.129. The second-order valence-electron chi connectivity index (χ2n) is 5.25. The molecule has 0 unspecified atom stereocenters. The Kier molecular flexibility index (Phi) is 6.71. The fraction of sp³-hybridized carbons (Fsp3) is 0.818. The Balaban J connectivity index is 4.54. The Bertz CT molecular complexity index is 369. The third-order valence-corrected chi connectivity index (χ3v) is 2.01. The highest BCUT2D eigenvalue weighted by Crippen LogP contribution is 2.07. The Labute approximate surface area is 112 Å². The Morgan fingerprint density at radius 1 is 1.42 bits per heavy atom. The second kappa shape index (κ2) is 7.48. The lowest BCUT2D eigenvalue weighted by Gasteiger charge is -2.23. The molecule has 8 heteroatoms. The van der Waals surface area contributed by atoms with Crippen LogP contribution in [0.5, 0.6) is 0 Å². The maximum atomic E-state index is 11.6. The van der Waals surface area contributed by atoms with Crippen molar-refractivity contribution in [2.45, 2.75) is 38.8 Å². The molecule has 0 aromatic carbocycles. The average molecular weight is 271 g/mol. The third kappa shape index (κ3) is 8.73. The van der Waals surface area contributed by atoms with E-state index in [2.05, 4.69) is 15.3 Å². The molecule has 0 aromatic heterocycles. The van der Waals surface area contributed by atoms with Gasteiger partial charge in [-0.25, -0.2) is 4.79 Å². The summed E-state index contributed by atoms with van der Waals surface area (Å²) in [5.74, 6) is -0.172. The van der Waals surface area contributed by atoms with E-state index >= 15 is 0 Å². The smallest absolute Gasteiger partial charge is 0.407 e. The molecule has 0 heterocycles. The molecule has 0 spiro atoms. The van der Waals surface area contributed by atoms with Crippen molar-refractivity contribution in [2.24, 2.45) is 5.11 Å². The van der Waals surface area contributed by atoms with Crippen molar-refractivity contribution in [2.75, 3.05) is 20.6 Å². The van der Waals surface area contributed by atoms with Crippen molar-refractivity contribution in [3.63, 3.8) is 0 Å². The van der Waals surface area contributed by atoms with E-state index in [1.807, 2.05) is 0 Å². The molecule has 0 aromatic rings. The van der Waals surface area contributed by atoms with Crippen LogP contribution in [0.1, 0.15) is 27.2 Å². The molecule has 0 fully saturated rings. The number of hydrogen-bond donors (Lipinski definition) is 1. The normalized spacial score (nSPS) is 12.1. The van der Waals surface area contributed by atoms with E-state index in [1.165, 1.54) is 4.90 Å². The van der Waals surface area contributed by atoms with Gasteiger partial charge in [-0.15, -0.1) is 0 Å². The molecule has 8 nitrogen and oxygen atoms in total. The summed E-state index contributed by atoms with van der Waals surface area (Å²) in [4.78, 5) is 27.2. The van der Waals surface area contributed by atoms with Gasteiger partial charge in [0, 0.05) is 38.0 Å². The van der Waals surface area contributed by atoms with Crippen LogP contribution in [0.25, 0.3) is 10.4 Å². The average Bonchev–Trinajstić information content (AvgIpc) is 2.22. The van der Waals surface area contributed by atoms with Crippen molar-refractivity contribution >= 4 is 12.0 Å². The number of nitrogens with one attached hydrogen (secondary N) is 1. The molecule has 19 heavy (non-hydrogen) atoms. The van der Waals surface area contributed by atoms with Crippen molar-refractivity contribution < 1.29 is 14.3 Å². The Hall–Kier alpha value is -1.95. The van der Waals surface area contributed by atoms with Crippen molar-refractivity contribution in [1.82, 2.24) is 10.2 Å². The summed E-state index contributed by atoms with van der Waals surface area (Å²) in [5, 5.41) is 5.89. The molecule has 108 valence electrons. The van der Waals surface area contributed by atoms with E-state index in [-0.39, 0.29) is 18.9 Å². The summed E-state index contributed by atoms with van der Waals surface area (Å²) >= 11 is 0. The van der Waals surface area contributed by atoms with Crippen molar-refractivity contribution in [1.29, 1.82) is 0 Å². The molecule has 2 amide bonds. The predicted octanol–water partition coefficient (Wildman–Crippen LogP) is 1.67. The first kappa shape index (κ1) is 17.1. The number of rotatable bonds is 5. The van der Waals surface area contributed by atoms with Crippen LogP contribution in [0.15, 0.2) is 5.11 Å². The van der Waals surface area contributed by atoms with Gasteiger partial charge in [-0.2, -0.15) is 0 Å². The van der Waals surface area contributed by atoms with Crippen LogP contribution in [0.2, 0.25) is 0 Å². The Morgan fingerprint density at radius 2 is 2.00 bits per heavy atom. The van der Waals surface area contributed by atoms with E-state index in [9.17, 15) is 9.59 Å². The zero-order chi connectivity index (χ0) is 15.1. The first-order chi connectivity index (χ1) is 8.65. The molecule has 0 saturated heterocycles. The maximum absolute atomic E-state index is 11.6. The van der Waals surface area contributed by atoms with Crippen molar-refractivity contribution in [3.8, 4) is 0 Å². The van der Waals surface area contributed by atoms with E-state index in [1.54, 1.807) is 34.9 Å². The lowest BCUT2D eigenvalue weighted by Crippen LogP contribution is -2.43. The van der Waals surface area contributed by atoms with E-state index in [4.69, 9.17) is 10.3 Å². The number of ether oxygens (including phenoxy) is 1. The van der Waals surface area contributed by atoms with Crippen LogP contribution >= 0.6 is 0 Å². The van der Waals surface area contributed by atoms with Gasteiger partial charge in [0.25, 0.3) is 0 Å². The number of hydrogen-bond acceptors (Lipinski definition) is 4. The molecule has 0 aliphatic carbocycles. The summed E-state index contributed by atoms with van der Waals surface area (Å²) in [5.41, 5.74) is 7.67. The summed E-state index contributed by atoms with van der Waals surface area (Å²) in [6.07, 6.45) is -0.595. The van der Waals surface area contributed by atoms with Gasteiger partial charge in [-0.1, -0.05) is 5.11 Å². The summed E-state index contributed by atoms with van der Waals surface area (Å²) in [6, 6.07) is -0.583. The molecule has 0 radical (unpaired) electrons. The largest absolute Gasteiger partial charge is 0.444 e. The van der Waals surface area contributed by atoms with Crippen LogP contribution in [0, 0.1) is 0 Å². The highest BCUT2D eigenvalue weighted by atomic mass is 16.6. The minimum absolute atomic E-state index is 0.00464. The zero-order valence-electron chi connectivity index (χ0n) is 12.0. The van der Waals surface area contributed by atoms with Gasteiger partial charge in [0.1, 0.15) is 5.60 Å². The van der Waals surface area contributed by atoms with Crippen LogP contribution in [0.3, 0.4) is 0 Å². The number of carbonyl (C=O) groups excluding carboxylic acids is 2. The van der Waals surface area contributed by atoms with E-state index < -0.39 is 17.7 Å². The standard InChI is InChI=1S/C11H21N5O3/c1-11(2,3)19-10(18)14-8(7-13-15-12)6-9(17)16(4)5/h8H,6-7H2,1-5H3,(H,14,18)/t8-/m1/s1. The van der Waals surface area contributed by atoms with Crippen molar-refractivity contribution in [3.05, 3.63) is 10.4 Å². The zero-order valence-corrected chi connectivity index (χ0v) is 12.0. The molecule has 0 aliphatic rings. The predicted molar refractivity (Wildman–Crippen MR) is 70.5 cm³/mol. The molecule has 0 saturated carbocycles. The first-order valence-corrected chi connectivity index (χ1v) is 5.86. The quantitative estimate of drug-likeness (QED) is 0.466. The second-order valence-corrected chi connectivity index (χ2v) is 5.25. The SMILES string of the molecule is CN(C)C(=O)C[C@H](CN=[N+]=[N-])NC(=O)OC(C)(C)C. The van der Waals surface area contributed by atoms with Gasteiger partial charge < -0.3 is 15.0 Å². The van der Waals surface area contributed by atoms with Gasteiger partial charge in [0.05, 0.1) is 0 Å². The summed E-state index contributed by atoms with van der Waals surface area (Å²) in [6.45, 7) is 5.20. The summed E-state index contributed by atoms with van der Waals surface area (Å²) < 4.78 is 5.08. The topological polar surface area (TPSA) is 107 Å². The van der Waals surface area contributed by atoms with Gasteiger partial charge in [0.15, 0.2) is 0 Å². The minimum atomic E-state index is -0.641. The molecule has 0 bridgehead atoms. The maximum Gasteiger partial charge on any atom is 0.407 e. The minimum Gasteiger partial charge on any atom is -0.444 e. The molecular formula is C11H21N5O3. The first-order valence-electron chi connectivity index (χ1n) is 5.86.